The maximum Gasteiger partial charge on any atom is 0.319 e. The first-order valence-electron chi connectivity index (χ1n) is 8.61. The molecule has 1 unspecified atom stereocenters. The van der Waals surface area contributed by atoms with Crippen LogP contribution in [-0.2, 0) is 11.3 Å². The van der Waals surface area contributed by atoms with Gasteiger partial charge in [0.25, 0.3) is 0 Å². The molecule has 6 nitrogen and oxygen atoms in total. The van der Waals surface area contributed by atoms with Gasteiger partial charge in [0.05, 0.1) is 6.04 Å². The molecule has 3 amide bonds. The van der Waals surface area contributed by atoms with Crippen LogP contribution in [0.15, 0.2) is 48.5 Å². The highest BCUT2D eigenvalue weighted by Crippen LogP contribution is 2.16. The third-order valence-electron chi connectivity index (χ3n) is 4.36. The summed E-state index contributed by atoms with van der Waals surface area (Å²) in [6.45, 7) is 2.22. The largest absolute Gasteiger partial charge is 0.336 e. The van der Waals surface area contributed by atoms with Gasteiger partial charge in [-0.1, -0.05) is 24.3 Å². The number of carbonyl (C=O) groups excluding carboxylic acids is 3. The van der Waals surface area contributed by atoms with Gasteiger partial charge in [-0.3, -0.25) is 9.59 Å². The van der Waals surface area contributed by atoms with Gasteiger partial charge in [0.15, 0.2) is 5.78 Å². The highest BCUT2D eigenvalue weighted by molar-refractivity contribution is 5.97. The third-order valence-corrected chi connectivity index (χ3v) is 4.36. The van der Waals surface area contributed by atoms with Crippen molar-refractivity contribution in [3.8, 4) is 0 Å². The number of Topliss-reactive ketones (excluding diaryl/α,β-unsaturated/α-hetero) is 1. The number of urea groups is 1. The van der Waals surface area contributed by atoms with Gasteiger partial charge in [-0.2, -0.15) is 0 Å². The van der Waals surface area contributed by atoms with Crippen LogP contribution in [0.5, 0.6) is 0 Å². The van der Waals surface area contributed by atoms with Crippen LogP contribution >= 0.6 is 0 Å². The average molecular weight is 369 g/mol. The third kappa shape index (κ3) is 4.91. The predicted molar refractivity (Wildman–Crippen MR) is 98.8 cm³/mol. The van der Waals surface area contributed by atoms with Crippen molar-refractivity contribution >= 4 is 23.4 Å². The van der Waals surface area contributed by atoms with E-state index in [9.17, 15) is 18.8 Å². The van der Waals surface area contributed by atoms with E-state index in [0.717, 1.165) is 5.56 Å². The summed E-state index contributed by atoms with van der Waals surface area (Å²) in [6.07, 6.45) is 0.210. The molecule has 140 valence electrons. The SMILES string of the molecule is CC(=O)c1cccc(NC(=O)NC2CC(=O)N(Cc3ccc(F)cc3)C2)c1. The van der Waals surface area contributed by atoms with Crippen molar-refractivity contribution in [2.24, 2.45) is 0 Å². The smallest absolute Gasteiger partial charge is 0.319 e. The van der Waals surface area contributed by atoms with Crippen molar-refractivity contribution in [2.75, 3.05) is 11.9 Å². The van der Waals surface area contributed by atoms with Gasteiger partial charge in [0.2, 0.25) is 5.91 Å². The van der Waals surface area contributed by atoms with E-state index >= 15 is 0 Å². The Morgan fingerprint density at radius 2 is 1.93 bits per heavy atom. The van der Waals surface area contributed by atoms with Crippen LogP contribution in [0.1, 0.15) is 29.3 Å². The van der Waals surface area contributed by atoms with Crippen LogP contribution < -0.4 is 10.6 Å². The van der Waals surface area contributed by atoms with Crippen LogP contribution in [0.2, 0.25) is 0 Å². The number of anilines is 1. The fraction of sp³-hybridized carbons (Fsp3) is 0.250. The van der Waals surface area contributed by atoms with Gasteiger partial charge in [-0.15, -0.1) is 0 Å². The summed E-state index contributed by atoms with van der Waals surface area (Å²) in [6, 6.07) is 11.9. The lowest BCUT2D eigenvalue weighted by molar-refractivity contribution is -0.128. The number of halogens is 1. The molecule has 2 aromatic carbocycles. The maximum absolute atomic E-state index is 13.0. The van der Waals surface area contributed by atoms with E-state index in [2.05, 4.69) is 10.6 Å². The Labute approximate surface area is 156 Å². The molecule has 1 aliphatic rings. The molecule has 27 heavy (non-hydrogen) atoms. The predicted octanol–water partition coefficient (Wildman–Crippen LogP) is 2.95. The number of hydrogen-bond donors (Lipinski definition) is 2. The molecule has 0 spiro atoms. The highest BCUT2D eigenvalue weighted by Gasteiger charge is 2.30. The molecule has 1 fully saturated rings. The zero-order valence-corrected chi connectivity index (χ0v) is 14.9. The zero-order valence-electron chi connectivity index (χ0n) is 14.9. The number of benzene rings is 2. The lowest BCUT2D eigenvalue weighted by Gasteiger charge is -2.17. The van der Waals surface area contributed by atoms with Gasteiger partial charge in [0, 0.05) is 30.8 Å². The topological polar surface area (TPSA) is 78.5 Å². The first-order valence-corrected chi connectivity index (χ1v) is 8.61. The molecule has 1 heterocycles. The molecule has 7 heteroatoms. The standard InChI is InChI=1S/C20H20FN3O3/c1-13(25)15-3-2-4-17(9-15)22-20(27)23-18-10-19(26)24(12-18)11-14-5-7-16(21)8-6-14/h2-9,18H,10-12H2,1H3,(H2,22,23,27). The molecular formula is C20H20FN3O3. The van der Waals surface area contributed by atoms with Crippen molar-refractivity contribution in [1.82, 2.24) is 10.2 Å². The van der Waals surface area contributed by atoms with E-state index in [4.69, 9.17) is 0 Å². The second-order valence-electron chi connectivity index (χ2n) is 6.54. The number of nitrogens with zero attached hydrogens (tertiary/aromatic N) is 1. The number of ketones is 1. The molecule has 1 atom stereocenters. The van der Waals surface area contributed by atoms with Gasteiger partial charge in [-0.05, 0) is 36.8 Å². The summed E-state index contributed by atoms with van der Waals surface area (Å²) in [7, 11) is 0. The van der Waals surface area contributed by atoms with Crippen molar-refractivity contribution in [1.29, 1.82) is 0 Å². The Morgan fingerprint density at radius 3 is 2.63 bits per heavy atom. The minimum Gasteiger partial charge on any atom is -0.336 e. The number of hydrogen-bond acceptors (Lipinski definition) is 3. The number of likely N-dealkylation sites (tertiary alicyclic amines) is 1. The number of rotatable bonds is 5. The number of carbonyl (C=O) groups is 3. The Bertz CT molecular complexity index is 867. The quantitative estimate of drug-likeness (QED) is 0.796. The minimum absolute atomic E-state index is 0.0665. The normalized spacial score (nSPS) is 16.3. The van der Waals surface area contributed by atoms with Crippen molar-refractivity contribution in [3.63, 3.8) is 0 Å². The lowest BCUT2D eigenvalue weighted by atomic mass is 10.1. The van der Waals surface area contributed by atoms with Gasteiger partial charge < -0.3 is 15.5 Å². The molecule has 0 aromatic heterocycles. The summed E-state index contributed by atoms with van der Waals surface area (Å²) >= 11 is 0. The van der Waals surface area contributed by atoms with Crippen LogP contribution in [0, 0.1) is 5.82 Å². The molecule has 3 rings (SSSR count). The Balaban J connectivity index is 1.54. The van der Waals surface area contributed by atoms with E-state index in [1.165, 1.54) is 19.1 Å². The summed E-state index contributed by atoms with van der Waals surface area (Å²) in [4.78, 5) is 37.4. The number of amides is 3. The molecular weight excluding hydrogens is 349 g/mol. The fourth-order valence-electron chi connectivity index (χ4n) is 3.00. The summed E-state index contributed by atoms with van der Waals surface area (Å²) < 4.78 is 13.0. The molecule has 0 aliphatic carbocycles. The summed E-state index contributed by atoms with van der Waals surface area (Å²) in [5.74, 6) is -0.475. The first kappa shape index (κ1) is 18.6. The summed E-state index contributed by atoms with van der Waals surface area (Å²) in [5.41, 5.74) is 1.85. The minimum atomic E-state index is -0.433. The maximum atomic E-state index is 13.0. The van der Waals surface area contributed by atoms with E-state index in [1.54, 1.807) is 41.3 Å². The van der Waals surface area contributed by atoms with Crippen molar-refractivity contribution < 1.29 is 18.8 Å². The van der Waals surface area contributed by atoms with Gasteiger partial charge in [0.1, 0.15) is 5.82 Å². The Kier molecular flexibility index (Phi) is 5.49. The van der Waals surface area contributed by atoms with Crippen molar-refractivity contribution in [3.05, 3.63) is 65.5 Å². The Morgan fingerprint density at radius 1 is 1.19 bits per heavy atom. The molecule has 0 bridgehead atoms. The lowest BCUT2D eigenvalue weighted by Crippen LogP contribution is -2.39. The first-order chi connectivity index (χ1) is 12.9. The Hall–Kier alpha value is -3.22. The highest BCUT2D eigenvalue weighted by atomic mass is 19.1. The second kappa shape index (κ2) is 7.99. The number of nitrogens with one attached hydrogen (secondary N) is 2. The molecule has 2 N–H and O–H groups in total. The van der Waals surface area contributed by atoms with Crippen LogP contribution in [0.25, 0.3) is 0 Å². The van der Waals surface area contributed by atoms with Crippen LogP contribution in [0.4, 0.5) is 14.9 Å². The summed E-state index contributed by atoms with van der Waals surface area (Å²) in [5, 5.41) is 5.45. The van der Waals surface area contributed by atoms with E-state index in [0.29, 0.717) is 24.3 Å². The van der Waals surface area contributed by atoms with Crippen LogP contribution in [0.3, 0.4) is 0 Å². The molecule has 1 saturated heterocycles. The van der Waals surface area contributed by atoms with Gasteiger partial charge in [-0.25, -0.2) is 9.18 Å². The average Bonchev–Trinajstić information content (AvgIpc) is 2.96. The van der Waals surface area contributed by atoms with E-state index < -0.39 is 6.03 Å². The molecule has 0 saturated carbocycles. The fourth-order valence-corrected chi connectivity index (χ4v) is 3.00. The molecule has 2 aromatic rings. The molecule has 1 aliphatic heterocycles. The van der Waals surface area contributed by atoms with Crippen LogP contribution in [-0.4, -0.2) is 35.2 Å². The van der Waals surface area contributed by atoms with E-state index in [1.807, 2.05) is 0 Å². The molecule has 0 radical (unpaired) electrons. The van der Waals surface area contributed by atoms with E-state index in [-0.39, 0.29) is 30.0 Å². The second-order valence-corrected chi connectivity index (χ2v) is 6.54. The van der Waals surface area contributed by atoms with Gasteiger partial charge >= 0.3 is 6.03 Å². The zero-order chi connectivity index (χ0) is 19.4. The van der Waals surface area contributed by atoms with Crippen molar-refractivity contribution in [2.45, 2.75) is 25.9 Å². The monoisotopic (exact) mass is 369 g/mol.